The molecular weight excluding hydrogens is 533 g/mol. The molecule has 2 fully saturated rings. The number of benzene rings is 2. The number of ether oxygens (including phenoxy) is 1. The number of hydrogen-bond donors (Lipinski definition) is 1. The Balaban J connectivity index is 1.27. The smallest absolute Gasteiger partial charge is 0.331 e. The van der Waals surface area contributed by atoms with Gasteiger partial charge in [-0.3, -0.25) is 4.90 Å². The van der Waals surface area contributed by atoms with Crippen molar-refractivity contribution < 1.29 is 17.9 Å². The second-order valence-corrected chi connectivity index (χ2v) is 12.2. The van der Waals surface area contributed by atoms with Crippen LogP contribution in [-0.2, 0) is 10.0 Å². The lowest BCUT2D eigenvalue weighted by Gasteiger charge is -2.49. The maximum absolute atomic E-state index is 12.7. The summed E-state index contributed by atoms with van der Waals surface area (Å²) in [5.74, 6) is 0.719. The number of carbonyl (C=O) groups excluding carboxylic acids is 1. The van der Waals surface area contributed by atoms with E-state index < -0.39 is 16.1 Å². The van der Waals surface area contributed by atoms with Gasteiger partial charge in [0.15, 0.2) is 0 Å². The van der Waals surface area contributed by atoms with Crippen molar-refractivity contribution in [3.05, 3.63) is 57.5 Å². The Hall–Kier alpha value is -1.71. The molecule has 1 N–H and O–H groups in total. The Morgan fingerprint density at radius 1 is 0.971 bits per heavy atom. The van der Waals surface area contributed by atoms with Crippen molar-refractivity contribution >= 4 is 50.9 Å². The molecule has 11 heteroatoms. The van der Waals surface area contributed by atoms with Crippen molar-refractivity contribution in [1.82, 2.24) is 14.5 Å². The lowest BCUT2D eigenvalue weighted by Crippen LogP contribution is -2.58. The zero-order valence-electron chi connectivity index (χ0n) is 19.3. The van der Waals surface area contributed by atoms with Gasteiger partial charge in [0, 0.05) is 42.8 Å². The van der Waals surface area contributed by atoms with Crippen molar-refractivity contribution in [3.8, 4) is 5.75 Å². The molecule has 2 aromatic carbocycles. The summed E-state index contributed by atoms with van der Waals surface area (Å²) in [5.41, 5.74) is -0.0552. The first-order valence-corrected chi connectivity index (χ1v) is 14.1. The third-order valence-electron chi connectivity index (χ3n) is 6.87. The molecule has 2 heterocycles. The molecule has 0 bridgehead atoms. The van der Waals surface area contributed by atoms with Crippen molar-refractivity contribution in [2.75, 3.05) is 26.2 Å². The standard InChI is InChI=1S/C24H28Cl3N3O4S/c1-24(30-12-8-18(9-13-30)34-19-4-7-21(26)22(27)16-19)10-14-29(15-11-24)23(31)28-35(32,33)20-5-2-17(25)3-6-20/h2-7,16,18H,8-15H2,1H3,(H,28,31). The van der Waals surface area contributed by atoms with Crippen LogP contribution < -0.4 is 9.46 Å². The zero-order valence-corrected chi connectivity index (χ0v) is 22.4. The Kier molecular flexibility index (Phi) is 8.08. The summed E-state index contributed by atoms with van der Waals surface area (Å²) in [7, 11) is -3.95. The van der Waals surface area contributed by atoms with Crippen molar-refractivity contribution in [2.45, 2.75) is 49.1 Å². The summed E-state index contributed by atoms with van der Waals surface area (Å²) in [6.07, 6.45) is 3.41. The number of likely N-dealkylation sites (tertiary alicyclic amines) is 2. The van der Waals surface area contributed by atoms with Gasteiger partial charge in [-0.15, -0.1) is 0 Å². The molecule has 0 aromatic heterocycles. The summed E-state index contributed by atoms with van der Waals surface area (Å²) < 4.78 is 33.3. The SMILES string of the molecule is CC1(N2CCC(Oc3ccc(Cl)c(Cl)c3)CC2)CCN(C(=O)NS(=O)(=O)c2ccc(Cl)cc2)CC1. The molecule has 35 heavy (non-hydrogen) atoms. The van der Waals surface area contributed by atoms with E-state index in [0.29, 0.717) is 28.2 Å². The van der Waals surface area contributed by atoms with Crippen LogP contribution in [0.3, 0.4) is 0 Å². The molecule has 2 aliphatic rings. The number of nitrogens with one attached hydrogen (secondary N) is 1. The van der Waals surface area contributed by atoms with Gasteiger partial charge in [0.1, 0.15) is 11.9 Å². The molecule has 4 rings (SSSR count). The van der Waals surface area contributed by atoms with Gasteiger partial charge in [-0.05, 0) is 69.0 Å². The lowest BCUT2D eigenvalue weighted by molar-refractivity contribution is 0.00232. The minimum atomic E-state index is -3.95. The van der Waals surface area contributed by atoms with Crippen molar-refractivity contribution in [3.63, 3.8) is 0 Å². The molecule has 0 saturated carbocycles. The molecule has 0 unspecified atom stereocenters. The van der Waals surface area contributed by atoms with Crippen LogP contribution >= 0.6 is 34.8 Å². The fourth-order valence-electron chi connectivity index (χ4n) is 4.62. The van der Waals surface area contributed by atoms with Gasteiger partial charge in [-0.2, -0.15) is 0 Å². The molecule has 2 amide bonds. The number of hydrogen-bond acceptors (Lipinski definition) is 5. The topological polar surface area (TPSA) is 79.0 Å². The highest BCUT2D eigenvalue weighted by atomic mass is 35.5. The van der Waals surface area contributed by atoms with E-state index in [1.807, 2.05) is 6.07 Å². The second kappa shape index (κ2) is 10.7. The third-order valence-corrected chi connectivity index (χ3v) is 9.20. The molecule has 0 radical (unpaired) electrons. The van der Waals surface area contributed by atoms with Crippen LogP contribution in [0.25, 0.3) is 0 Å². The van der Waals surface area contributed by atoms with Crippen LogP contribution in [0.1, 0.15) is 32.6 Å². The summed E-state index contributed by atoms with van der Waals surface area (Å²) >= 11 is 17.9. The first kappa shape index (κ1) is 26.4. The fourth-order valence-corrected chi connectivity index (χ4v) is 6.00. The van der Waals surface area contributed by atoms with E-state index in [9.17, 15) is 13.2 Å². The van der Waals surface area contributed by atoms with Gasteiger partial charge in [0.05, 0.1) is 14.9 Å². The highest BCUT2D eigenvalue weighted by molar-refractivity contribution is 7.90. The number of carbonyl (C=O) groups is 1. The number of rotatable bonds is 5. The highest BCUT2D eigenvalue weighted by Crippen LogP contribution is 2.33. The average Bonchev–Trinajstić information content (AvgIpc) is 2.82. The molecule has 0 aliphatic carbocycles. The van der Waals surface area contributed by atoms with Crippen LogP contribution in [0.4, 0.5) is 4.79 Å². The van der Waals surface area contributed by atoms with Gasteiger partial charge in [0.25, 0.3) is 10.0 Å². The largest absolute Gasteiger partial charge is 0.490 e. The van der Waals surface area contributed by atoms with E-state index >= 15 is 0 Å². The summed E-state index contributed by atoms with van der Waals surface area (Å²) in [6.45, 7) is 4.96. The molecular formula is C24H28Cl3N3O4S. The van der Waals surface area contributed by atoms with E-state index in [-0.39, 0.29) is 16.5 Å². The highest BCUT2D eigenvalue weighted by Gasteiger charge is 2.39. The van der Waals surface area contributed by atoms with Crippen LogP contribution in [0.5, 0.6) is 5.75 Å². The van der Waals surface area contributed by atoms with E-state index in [2.05, 4.69) is 16.5 Å². The minimum absolute atomic E-state index is 0.00283. The molecule has 0 spiro atoms. The normalized spacial score (nSPS) is 19.4. The number of amides is 2. The van der Waals surface area contributed by atoms with E-state index in [1.54, 1.807) is 17.0 Å². The Morgan fingerprint density at radius 3 is 2.20 bits per heavy atom. The van der Waals surface area contributed by atoms with Crippen LogP contribution in [0.2, 0.25) is 15.1 Å². The summed E-state index contributed by atoms with van der Waals surface area (Å²) in [5, 5.41) is 1.41. The van der Waals surface area contributed by atoms with Gasteiger partial charge in [-0.25, -0.2) is 17.9 Å². The predicted molar refractivity (Wildman–Crippen MR) is 138 cm³/mol. The summed E-state index contributed by atoms with van der Waals surface area (Å²) in [6, 6.07) is 10.4. The Bertz CT molecular complexity index is 1160. The van der Waals surface area contributed by atoms with Crippen LogP contribution in [-0.4, -0.2) is 62.1 Å². The Morgan fingerprint density at radius 2 is 1.60 bits per heavy atom. The number of nitrogens with zero attached hydrogens (tertiary/aromatic N) is 2. The third kappa shape index (κ3) is 6.35. The number of urea groups is 1. The monoisotopic (exact) mass is 559 g/mol. The molecule has 2 aliphatic heterocycles. The number of piperidine rings is 2. The number of halogens is 3. The molecule has 2 saturated heterocycles. The fraction of sp³-hybridized carbons (Fsp3) is 0.458. The molecule has 7 nitrogen and oxygen atoms in total. The van der Waals surface area contributed by atoms with Gasteiger partial charge >= 0.3 is 6.03 Å². The Labute approximate surface area is 221 Å². The zero-order chi connectivity index (χ0) is 25.2. The van der Waals surface area contributed by atoms with Crippen molar-refractivity contribution in [2.24, 2.45) is 0 Å². The first-order valence-electron chi connectivity index (χ1n) is 11.5. The van der Waals surface area contributed by atoms with E-state index in [0.717, 1.165) is 44.5 Å². The van der Waals surface area contributed by atoms with Gasteiger partial charge in [-0.1, -0.05) is 34.8 Å². The maximum atomic E-state index is 12.7. The molecule has 2 aromatic rings. The van der Waals surface area contributed by atoms with Crippen molar-refractivity contribution in [1.29, 1.82) is 0 Å². The number of sulfonamides is 1. The molecule has 190 valence electrons. The van der Waals surface area contributed by atoms with Crippen LogP contribution in [0.15, 0.2) is 47.4 Å². The van der Waals surface area contributed by atoms with Crippen LogP contribution in [0, 0.1) is 0 Å². The summed E-state index contributed by atoms with van der Waals surface area (Å²) in [4.78, 5) is 16.7. The lowest BCUT2D eigenvalue weighted by atomic mass is 9.86. The van der Waals surface area contributed by atoms with E-state index in [1.165, 1.54) is 24.3 Å². The predicted octanol–water partition coefficient (Wildman–Crippen LogP) is 5.44. The minimum Gasteiger partial charge on any atom is -0.490 e. The molecule has 0 atom stereocenters. The quantitative estimate of drug-likeness (QED) is 0.527. The van der Waals surface area contributed by atoms with E-state index in [4.69, 9.17) is 39.5 Å². The van der Waals surface area contributed by atoms with Gasteiger partial charge < -0.3 is 9.64 Å². The maximum Gasteiger partial charge on any atom is 0.331 e. The second-order valence-electron chi connectivity index (χ2n) is 9.23. The van der Waals surface area contributed by atoms with Gasteiger partial charge in [0.2, 0.25) is 0 Å². The first-order chi connectivity index (χ1) is 16.6. The average molecular weight is 561 g/mol.